The van der Waals surface area contributed by atoms with Crippen molar-refractivity contribution in [2.24, 2.45) is 27.9 Å². The molecule has 0 saturated heterocycles. The summed E-state index contributed by atoms with van der Waals surface area (Å²) in [5, 5.41) is 5.51. The highest BCUT2D eigenvalue weighted by atomic mass is 32.2. The van der Waals surface area contributed by atoms with Gasteiger partial charge in [-0.1, -0.05) is 19.3 Å². The second kappa shape index (κ2) is 10.6. The normalized spacial score (nSPS) is 23.6. The first kappa shape index (κ1) is 25.1. The predicted molar refractivity (Wildman–Crippen MR) is 116 cm³/mol. The van der Waals surface area contributed by atoms with Crippen LogP contribution in [-0.4, -0.2) is 39.7 Å². The Morgan fingerprint density at radius 2 is 1.73 bits per heavy atom. The van der Waals surface area contributed by atoms with Crippen LogP contribution in [0.5, 0.6) is 5.75 Å². The molecule has 2 aliphatic carbocycles. The molecule has 2 saturated carbocycles. The molecule has 0 radical (unpaired) electrons. The Hall–Kier alpha value is -2.50. The number of nitrogens with one attached hydrogen (secondary N) is 2. The highest BCUT2D eigenvalue weighted by Gasteiger charge is 2.32. The molecule has 33 heavy (non-hydrogen) atoms. The van der Waals surface area contributed by atoms with Crippen LogP contribution in [0.4, 0.5) is 13.2 Å². The third kappa shape index (κ3) is 8.09. The van der Waals surface area contributed by atoms with Gasteiger partial charge in [0.05, 0.1) is 11.4 Å². The molecule has 2 aliphatic rings. The summed E-state index contributed by atoms with van der Waals surface area (Å²) in [5.74, 6) is 0.710. The number of alkyl halides is 3. The zero-order valence-corrected chi connectivity index (χ0v) is 18.9. The van der Waals surface area contributed by atoms with E-state index >= 15 is 0 Å². The molecule has 2 fully saturated rings. The van der Waals surface area contributed by atoms with Gasteiger partial charge in [0.1, 0.15) is 5.75 Å². The number of rotatable bonds is 8. The number of nitrogens with zero attached hydrogens (tertiary/aromatic N) is 1. The molecule has 0 aromatic heterocycles. The molecule has 0 heterocycles. The van der Waals surface area contributed by atoms with Gasteiger partial charge < -0.3 is 21.1 Å². The van der Waals surface area contributed by atoms with Gasteiger partial charge in [-0.15, -0.1) is 17.6 Å². The maximum absolute atomic E-state index is 12.6. The number of benzene rings is 1. The van der Waals surface area contributed by atoms with Crippen molar-refractivity contribution in [3.05, 3.63) is 24.3 Å². The number of nitrogens with two attached hydrogens (primary N) is 1. The van der Waals surface area contributed by atoms with E-state index in [1.54, 1.807) is 0 Å². The van der Waals surface area contributed by atoms with Crippen molar-refractivity contribution in [2.45, 2.75) is 56.2 Å². The number of carbonyl (C=O) groups excluding carboxylic acids is 1. The minimum absolute atomic E-state index is 0.138. The van der Waals surface area contributed by atoms with E-state index in [1.807, 2.05) is 0 Å². The van der Waals surface area contributed by atoms with Crippen LogP contribution in [0.2, 0.25) is 0 Å². The van der Waals surface area contributed by atoms with Crippen LogP contribution in [-0.2, 0) is 14.8 Å². The Kier molecular flexibility index (Phi) is 8.09. The first-order valence-corrected chi connectivity index (χ1v) is 12.4. The third-order valence-electron chi connectivity index (χ3n) is 6.07. The predicted octanol–water partition coefficient (Wildman–Crippen LogP) is 2.90. The highest BCUT2D eigenvalue weighted by Crippen LogP contribution is 2.43. The average Bonchev–Trinajstić information content (AvgIpc) is 2.70. The van der Waals surface area contributed by atoms with Crippen molar-refractivity contribution < 1.29 is 31.1 Å². The summed E-state index contributed by atoms with van der Waals surface area (Å²) in [4.78, 5) is 10.8. The molecule has 1 amide bonds. The van der Waals surface area contributed by atoms with E-state index in [-0.39, 0.29) is 17.4 Å². The Morgan fingerprint density at radius 1 is 1.09 bits per heavy atom. The quantitative estimate of drug-likeness (QED) is 0.380. The Labute approximate surface area is 191 Å². The number of primary amides is 1. The number of sulfonamides is 1. The Morgan fingerprint density at radius 3 is 2.30 bits per heavy atom. The number of fused-ring (bicyclic) bond motifs is 2. The number of hydrogen-bond donors (Lipinski definition) is 3. The molecule has 3 rings (SSSR count). The van der Waals surface area contributed by atoms with Gasteiger partial charge in [0.15, 0.2) is 0 Å². The van der Waals surface area contributed by atoms with Gasteiger partial charge in [-0.25, -0.2) is 0 Å². The second-order valence-corrected chi connectivity index (χ2v) is 10.3. The summed E-state index contributed by atoms with van der Waals surface area (Å²) >= 11 is 0. The summed E-state index contributed by atoms with van der Waals surface area (Å²) in [6.07, 6.45) is 3.46. The SMILES string of the molecule is NC(=O)CN/C(=N/S(=O)(=O)c1ccc(OC(F)(F)F)cc1)NCCC1CC2CCCC(C2)C1. The zero-order chi connectivity index (χ0) is 24.1. The van der Waals surface area contributed by atoms with Gasteiger partial charge in [-0.05, 0) is 67.7 Å². The second-order valence-electron chi connectivity index (χ2n) is 8.71. The number of ether oxygens (including phenoxy) is 1. The summed E-state index contributed by atoms with van der Waals surface area (Å²) < 4.78 is 69.6. The van der Waals surface area contributed by atoms with E-state index in [0.717, 1.165) is 42.5 Å². The van der Waals surface area contributed by atoms with Crippen LogP contribution in [0.1, 0.15) is 44.9 Å². The van der Waals surface area contributed by atoms with E-state index in [9.17, 15) is 26.4 Å². The van der Waals surface area contributed by atoms with E-state index < -0.39 is 28.0 Å². The van der Waals surface area contributed by atoms with Crippen molar-refractivity contribution in [1.82, 2.24) is 10.6 Å². The van der Waals surface area contributed by atoms with E-state index in [0.29, 0.717) is 12.5 Å². The zero-order valence-electron chi connectivity index (χ0n) is 18.1. The standard InChI is InChI=1S/C21H29F3N4O4S/c22-21(23,24)32-17-4-6-18(7-5-17)33(30,31)28-20(27-13-19(25)29)26-9-8-16-11-14-2-1-3-15(10-14)12-16/h4-7,14-16H,1-3,8-13H2,(H2,25,29)(H2,26,27,28). The van der Waals surface area contributed by atoms with E-state index in [1.165, 1.54) is 38.5 Å². The van der Waals surface area contributed by atoms with Crippen molar-refractivity contribution in [1.29, 1.82) is 0 Å². The number of hydrogen-bond acceptors (Lipinski definition) is 4. The van der Waals surface area contributed by atoms with Crippen molar-refractivity contribution in [2.75, 3.05) is 13.1 Å². The van der Waals surface area contributed by atoms with Crippen LogP contribution >= 0.6 is 0 Å². The van der Waals surface area contributed by atoms with Gasteiger partial charge >= 0.3 is 6.36 Å². The van der Waals surface area contributed by atoms with Gasteiger partial charge in [0.2, 0.25) is 11.9 Å². The molecule has 0 aliphatic heterocycles. The van der Waals surface area contributed by atoms with Gasteiger partial charge in [0, 0.05) is 6.54 Å². The number of halogens is 3. The van der Waals surface area contributed by atoms with Crippen LogP contribution in [0.15, 0.2) is 33.6 Å². The van der Waals surface area contributed by atoms with Gasteiger partial charge in [-0.3, -0.25) is 4.79 Å². The molecule has 2 bridgehead atoms. The molecule has 2 unspecified atom stereocenters. The number of guanidine groups is 1. The molecule has 8 nitrogen and oxygen atoms in total. The smallest absolute Gasteiger partial charge is 0.406 e. The van der Waals surface area contributed by atoms with Crippen LogP contribution in [0.3, 0.4) is 0 Å². The molecule has 4 N–H and O–H groups in total. The fraction of sp³-hybridized carbons (Fsp3) is 0.619. The molecule has 12 heteroatoms. The monoisotopic (exact) mass is 490 g/mol. The van der Waals surface area contributed by atoms with Gasteiger partial charge in [0.25, 0.3) is 10.0 Å². The lowest BCUT2D eigenvalue weighted by Gasteiger charge is -2.39. The van der Waals surface area contributed by atoms with Crippen molar-refractivity contribution >= 4 is 21.9 Å². The summed E-state index contributed by atoms with van der Waals surface area (Å²) in [6, 6.07) is 3.71. The lowest BCUT2D eigenvalue weighted by Crippen LogP contribution is -2.43. The molecule has 1 aromatic rings. The summed E-state index contributed by atoms with van der Waals surface area (Å²) in [7, 11) is -4.26. The van der Waals surface area contributed by atoms with Crippen LogP contribution in [0.25, 0.3) is 0 Å². The van der Waals surface area contributed by atoms with E-state index in [2.05, 4.69) is 19.8 Å². The molecular formula is C21H29F3N4O4S. The summed E-state index contributed by atoms with van der Waals surface area (Å²) in [6.45, 7) is 0.135. The average molecular weight is 491 g/mol. The lowest BCUT2D eigenvalue weighted by molar-refractivity contribution is -0.274. The van der Waals surface area contributed by atoms with Crippen LogP contribution in [0, 0.1) is 17.8 Å². The van der Waals surface area contributed by atoms with E-state index in [4.69, 9.17) is 5.73 Å². The van der Waals surface area contributed by atoms with Gasteiger partial charge in [-0.2, -0.15) is 8.42 Å². The fourth-order valence-electron chi connectivity index (χ4n) is 4.78. The summed E-state index contributed by atoms with van der Waals surface area (Å²) in [5.41, 5.74) is 5.14. The van der Waals surface area contributed by atoms with Crippen LogP contribution < -0.4 is 21.1 Å². The molecule has 0 spiro atoms. The topological polar surface area (TPSA) is 123 Å². The maximum Gasteiger partial charge on any atom is 0.573 e. The van der Waals surface area contributed by atoms with Crippen molar-refractivity contribution in [3.8, 4) is 5.75 Å². The number of carbonyl (C=O) groups is 1. The number of amides is 1. The maximum atomic E-state index is 12.6. The first-order chi connectivity index (χ1) is 15.5. The molecule has 1 aromatic carbocycles. The lowest BCUT2D eigenvalue weighted by atomic mass is 9.67. The third-order valence-corrected chi connectivity index (χ3v) is 7.36. The fourth-order valence-corrected chi connectivity index (χ4v) is 5.74. The Balaban J connectivity index is 1.64. The van der Waals surface area contributed by atoms with Crippen molar-refractivity contribution in [3.63, 3.8) is 0 Å². The molecular weight excluding hydrogens is 461 g/mol. The minimum atomic E-state index is -4.88. The minimum Gasteiger partial charge on any atom is -0.406 e. The largest absolute Gasteiger partial charge is 0.573 e. The highest BCUT2D eigenvalue weighted by molar-refractivity contribution is 7.90. The first-order valence-electron chi connectivity index (χ1n) is 11.0. The molecule has 184 valence electrons. The Bertz CT molecular complexity index is 939. The molecule has 2 atom stereocenters.